The van der Waals surface area contributed by atoms with Crippen molar-refractivity contribution < 1.29 is 9.59 Å². The zero-order valence-corrected chi connectivity index (χ0v) is 8.21. The van der Waals surface area contributed by atoms with Gasteiger partial charge in [-0.3, -0.25) is 20.4 Å². The number of nitrogens with one attached hydrogen (secondary N) is 2. The van der Waals surface area contributed by atoms with Crippen LogP contribution >= 0.6 is 0 Å². The lowest BCUT2D eigenvalue weighted by Gasteiger charge is -2.00. The Hall–Kier alpha value is -1.14. The molecule has 0 saturated heterocycles. The van der Waals surface area contributed by atoms with E-state index in [4.69, 9.17) is 11.7 Å². The van der Waals surface area contributed by atoms with E-state index in [9.17, 15) is 9.59 Å². The average Bonchev–Trinajstić information content (AvgIpc) is 2.22. The smallest absolute Gasteiger partial charge is 0.233 e. The first-order valence-corrected chi connectivity index (χ1v) is 4.69. The van der Waals surface area contributed by atoms with E-state index in [1.165, 1.54) is 0 Å². The van der Waals surface area contributed by atoms with Crippen LogP contribution in [0.4, 0.5) is 0 Å². The number of unbranched alkanes of at least 4 members (excludes halogenated alkanes) is 3. The van der Waals surface area contributed by atoms with Gasteiger partial charge in [-0.15, -0.1) is 0 Å². The minimum atomic E-state index is -0.148. The molecule has 0 aromatic heterocycles. The van der Waals surface area contributed by atoms with Crippen molar-refractivity contribution in [3.63, 3.8) is 0 Å². The molecule has 0 spiro atoms. The quantitative estimate of drug-likeness (QED) is 0.189. The highest BCUT2D eigenvalue weighted by molar-refractivity contribution is 5.75. The summed E-state index contributed by atoms with van der Waals surface area (Å²) in [5.41, 5.74) is 4.13. The van der Waals surface area contributed by atoms with Gasteiger partial charge in [0.2, 0.25) is 11.8 Å². The lowest BCUT2D eigenvalue weighted by Crippen LogP contribution is -2.29. The van der Waals surface area contributed by atoms with Gasteiger partial charge in [0, 0.05) is 12.8 Å². The van der Waals surface area contributed by atoms with E-state index in [0.717, 1.165) is 25.7 Å². The molecular formula is C8H18N4O2. The van der Waals surface area contributed by atoms with Crippen LogP contribution in [0.3, 0.4) is 0 Å². The van der Waals surface area contributed by atoms with Crippen molar-refractivity contribution in [2.24, 2.45) is 11.7 Å². The van der Waals surface area contributed by atoms with Gasteiger partial charge in [-0.2, -0.15) is 0 Å². The van der Waals surface area contributed by atoms with E-state index in [2.05, 4.69) is 10.9 Å². The van der Waals surface area contributed by atoms with Crippen molar-refractivity contribution in [1.82, 2.24) is 10.9 Å². The molecule has 0 heterocycles. The molecular weight excluding hydrogens is 184 g/mol. The maximum atomic E-state index is 10.7. The highest BCUT2D eigenvalue weighted by Crippen LogP contribution is 2.04. The fourth-order valence-corrected chi connectivity index (χ4v) is 1.07. The summed E-state index contributed by atoms with van der Waals surface area (Å²) in [6, 6.07) is 0. The Morgan fingerprint density at radius 2 is 1.14 bits per heavy atom. The van der Waals surface area contributed by atoms with Gasteiger partial charge < -0.3 is 0 Å². The number of nitrogens with two attached hydrogens (primary N) is 2. The van der Waals surface area contributed by atoms with Crippen LogP contribution in [-0.4, -0.2) is 11.8 Å². The van der Waals surface area contributed by atoms with Crippen LogP contribution < -0.4 is 22.5 Å². The van der Waals surface area contributed by atoms with Gasteiger partial charge in [0.1, 0.15) is 0 Å². The van der Waals surface area contributed by atoms with Gasteiger partial charge >= 0.3 is 0 Å². The van der Waals surface area contributed by atoms with Crippen molar-refractivity contribution in [2.75, 3.05) is 0 Å². The lowest BCUT2D eigenvalue weighted by molar-refractivity contribution is -0.122. The molecule has 6 nitrogen and oxygen atoms in total. The summed E-state index contributed by atoms with van der Waals surface area (Å²) in [5, 5.41) is 0. The highest BCUT2D eigenvalue weighted by Gasteiger charge is 1.99. The molecule has 0 aromatic rings. The molecule has 0 atom stereocenters. The van der Waals surface area contributed by atoms with E-state index in [1.54, 1.807) is 0 Å². The summed E-state index contributed by atoms with van der Waals surface area (Å²) < 4.78 is 0. The number of hydrogen-bond donors (Lipinski definition) is 4. The molecule has 0 aliphatic heterocycles. The summed E-state index contributed by atoms with van der Waals surface area (Å²) in [5.74, 6) is 9.51. The summed E-state index contributed by atoms with van der Waals surface area (Å²) in [4.78, 5) is 21.4. The number of amides is 2. The molecule has 0 radical (unpaired) electrons. The van der Waals surface area contributed by atoms with Gasteiger partial charge in [0.15, 0.2) is 0 Å². The van der Waals surface area contributed by atoms with Crippen LogP contribution in [0, 0.1) is 0 Å². The molecule has 0 aliphatic rings. The van der Waals surface area contributed by atoms with Gasteiger partial charge in [0.05, 0.1) is 0 Å². The molecule has 0 aliphatic carbocycles. The predicted molar refractivity (Wildman–Crippen MR) is 52.4 cm³/mol. The van der Waals surface area contributed by atoms with Crippen molar-refractivity contribution in [2.45, 2.75) is 38.5 Å². The van der Waals surface area contributed by atoms with Gasteiger partial charge in [-0.1, -0.05) is 12.8 Å². The molecule has 6 N–H and O–H groups in total. The van der Waals surface area contributed by atoms with E-state index >= 15 is 0 Å². The monoisotopic (exact) mass is 202 g/mol. The summed E-state index contributed by atoms with van der Waals surface area (Å²) in [6.07, 6.45) is 4.33. The fourth-order valence-electron chi connectivity index (χ4n) is 1.07. The maximum absolute atomic E-state index is 10.7. The SMILES string of the molecule is NNC(=O)CCCCCCC(=O)NN. The van der Waals surface area contributed by atoms with Crippen molar-refractivity contribution in [3.05, 3.63) is 0 Å². The first-order chi connectivity index (χ1) is 6.70. The van der Waals surface area contributed by atoms with E-state index < -0.39 is 0 Å². The molecule has 0 saturated carbocycles. The second-order valence-corrected chi connectivity index (χ2v) is 3.05. The van der Waals surface area contributed by atoms with E-state index in [-0.39, 0.29) is 11.8 Å². The molecule has 0 unspecified atom stereocenters. The zero-order chi connectivity index (χ0) is 10.8. The summed E-state index contributed by atoms with van der Waals surface area (Å²) in [6.45, 7) is 0. The Morgan fingerprint density at radius 3 is 1.43 bits per heavy atom. The molecule has 6 heteroatoms. The van der Waals surface area contributed by atoms with Crippen LogP contribution in [0.2, 0.25) is 0 Å². The average molecular weight is 202 g/mol. The molecule has 0 bridgehead atoms. The van der Waals surface area contributed by atoms with E-state index in [0.29, 0.717) is 12.8 Å². The summed E-state index contributed by atoms with van der Waals surface area (Å²) >= 11 is 0. The number of rotatable bonds is 7. The highest BCUT2D eigenvalue weighted by atomic mass is 16.2. The molecule has 14 heavy (non-hydrogen) atoms. The topological polar surface area (TPSA) is 110 Å². The first kappa shape index (κ1) is 12.9. The van der Waals surface area contributed by atoms with Crippen LogP contribution in [0.1, 0.15) is 38.5 Å². The fraction of sp³-hybridized carbons (Fsp3) is 0.750. The van der Waals surface area contributed by atoms with Crippen LogP contribution in [0.15, 0.2) is 0 Å². The molecule has 82 valence electrons. The molecule has 2 amide bonds. The normalized spacial score (nSPS) is 9.57. The molecule has 0 fully saturated rings. The number of hydrogen-bond acceptors (Lipinski definition) is 4. The number of carbonyl (C=O) groups excluding carboxylic acids is 2. The molecule has 0 rings (SSSR count). The minimum Gasteiger partial charge on any atom is -0.294 e. The van der Waals surface area contributed by atoms with Crippen LogP contribution in [0.5, 0.6) is 0 Å². The second kappa shape index (κ2) is 8.46. The van der Waals surface area contributed by atoms with E-state index in [1.807, 2.05) is 0 Å². The predicted octanol–water partition coefficient (Wildman–Crippen LogP) is -0.693. The van der Waals surface area contributed by atoms with Gasteiger partial charge in [0.25, 0.3) is 0 Å². The Labute approximate surface area is 83.3 Å². The number of carbonyl (C=O) groups is 2. The Bertz CT molecular complexity index is 164. The Morgan fingerprint density at radius 1 is 0.786 bits per heavy atom. The van der Waals surface area contributed by atoms with Crippen molar-refractivity contribution in [3.8, 4) is 0 Å². The van der Waals surface area contributed by atoms with Gasteiger partial charge in [-0.05, 0) is 12.8 Å². The molecule has 0 aromatic carbocycles. The summed E-state index contributed by atoms with van der Waals surface area (Å²) in [7, 11) is 0. The van der Waals surface area contributed by atoms with Crippen molar-refractivity contribution >= 4 is 11.8 Å². The largest absolute Gasteiger partial charge is 0.294 e. The number of hydrazine groups is 2. The maximum Gasteiger partial charge on any atom is 0.233 e. The van der Waals surface area contributed by atoms with Crippen molar-refractivity contribution in [1.29, 1.82) is 0 Å². The standard InChI is InChI=1S/C8H18N4O2/c9-11-7(13)5-3-1-2-4-6-8(14)12-10/h1-6,9-10H2,(H,11,13)(H,12,14). The van der Waals surface area contributed by atoms with Gasteiger partial charge in [-0.25, -0.2) is 11.7 Å². The minimum absolute atomic E-state index is 0.148. The first-order valence-electron chi connectivity index (χ1n) is 4.69. The second-order valence-electron chi connectivity index (χ2n) is 3.05. The third-order valence-corrected chi connectivity index (χ3v) is 1.88. The lowest BCUT2D eigenvalue weighted by atomic mass is 10.1. The third-order valence-electron chi connectivity index (χ3n) is 1.88. The Kier molecular flexibility index (Phi) is 7.77. The van der Waals surface area contributed by atoms with Crippen LogP contribution in [0.25, 0.3) is 0 Å². The third kappa shape index (κ3) is 7.51. The zero-order valence-electron chi connectivity index (χ0n) is 8.21. The Balaban J connectivity index is 3.14. The van der Waals surface area contributed by atoms with Crippen LogP contribution in [-0.2, 0) is 9.59 Å².